The molecule has 0 spiro atoms. The van der Waals surface area contributed by atoms with Crippen molar-refractivity contribution in [2.24, 2.45) is 0 Å². The predicted molar refractivity (Wildman–Crippen MR) is 110 cm³/mol. The van der Waals surface area contributed by atoms with Crippen LogP contribution in [0.25, 0.3) is 10.9 Å². The zero-order chi connectivity index (χ0) is 21.2. The molecular formula is C21H23N3O5. The summed E-state index contributed by atoms with van der Waals surface area (Å²) >= 11 is 0. The van der Waals surface area contributed by atoms with Gasteiger partial charge in [0.1, 0.15) is 5.75 Å². The summed E-state index contributed by atoms with van der Waals surface area (Å²) in [6.07, 6.45) is 7.93. The topological polar surface area (TPSA) is 105 Å². The Bertz CT molecular complexity index is 966. The van der Waals surface area contributed by atoms with Crippen LogP contribution in [0.5, 0.6) is 5.75 Å². The molecule has 0 saturated heterocycles. The van der Waals surface area contributed by atoms with Crippen LogP contribution < -0.4 is 9.75 Å². The lowest BCUT2D eigenvalue weighted by Gasteiger charge is -2.26. The van der Waals surface area contributed by atoms with Gasteiger partial charge in [0.15, 0.2) is 0 Å². The third kappa shape index (κ3) is 6.10. The number of hydrogen-bond donors (Lipinski definition) is 2. The van der Waals surface area contributed by atoms with Crippen molar-refractivity contribution < 1.29 is 24.5 Å². The molecule has 0 bridgehead atoms. The molecule has 8 nitrogen and oxygen atoms in total. The number of carboxylic acids is 2. The van der Waals surface area contributed by atoms with Crippen LogP contribution in [0.3, 0.4) is 0 Å². The van der Waals surface area contributed by atoms with E-state index in [1.807, 2.05) is 30.6 Å². The third-order valence-corrected chi connectivity index (χ3v) is 3.90. The fourth-order valence-corrected chi connectivity index (χ4v) is 2.68. The molecule has 0 aliphatic rings. The quantitative estimate of drug-likeness (QED) is 0.589. The minimum Gasteiger partial charge on any atom is -0.497 e. The van der Waals surface area contributed by atoms with Gasteiger partial charge >= 0.3 is 11.9 Å². The lowest BCUT2D eigenvalue weighted by molar-refractivity contribution is -0.134. The van der Waals surface area contributed by atoms with E-state index in [9.17, 15) is 9.59 Å². The van der Waals surface area contributed by atoms with Gasteiger partial charge in [-0.3, -0.25) is 14.7 Å². The largest absolute Gasteiger partial charge is 0.497 e. The van der Waals surface area contributed by atoms with Crippen LogP contribution >= 0.6 is 0 Å². The summed E-state index contributed by atoms with van der Waals surface area (Å²) in [5.74, 6) is -1.63. The highest BCUT2D eigenvalue weighted by atomic mass is 16.5. The maximum Gasteiger partial charge on any atom is 0.328 e. The van der Waals surface area contributed by atoms with Gasteiger partial charge in [-0.2, -0.15) is 0 Å². The summed E-state index contributed by atoms with van der Waals surface area (Å²) in [5, 5.41) is 19.1. The van der Waals surface area contributed by atoms with Gasteiger partial charge in [-0.15, -0.1) is 0 Å². The molecule has 3 aromatic rings. The number of methoxy groups -OCH3 is 1. The fourth-order valence-electron chi connectivity index (χ4n) is 2.68. The lowest BCUT2D eigenvalue weighted by atomic mass is 10.2. The molecule has 0 aliphatic heterocycles. The highest BCUT2D eigenvalue weighted by Gasteiger charge is 2.11. The van der Waals surface area contributed by atoms with Crippen LogP contribution in [0.15, 0.2) is 67.1 Å². The van der Waals surface area contributed by atoms with Crippen LogP contribution in [0.4, 0.5) is 5.69 Å². The highest BCUT2D eigenvalue weighted by Crippen LogP contribution is 2.25. The molecule has 2 N–H and O–H groups in total. The summed E-state index contributed by atoms with van der Waals surface area (Å²) in [6, 6.07) is 12.3. The number of benzene rings is 1. The first-order valence-electron chi connectivity index (χ1n) is 8.93. The van der Waals surface area contributed by atoms with E-state index in [0.29, 0.717) is 12.2 Å². The van der Waals surface area contributed by atoms with Crippen molar-refractivity contribution in [3.63, 3.8) is 0 Å². The number of pyridine rings is 1. The average Bonchev–Trinajstić information content (AvgIpc) is 3.14. The summed E-state index contributed by atoms with van der Waals surface area (Å²) in [6.45, 7) is 3.13. The predicted octanol–water partition coefficient (Wildman–Crippen LogP) is 3.44. The number of anilines is 1. The van der Waals surface area contributed by atoms with Gasteiger partial charge in [0.25, 0.3) is 0 Å². The Morgan fingerprint density at radius 1 is 1.10 bits per heavy atom. The number of ether oxygens (including phenoxy) is 1. The second kappa shape index (κ2) is 10.5. The van der Waals surface area contributed by atoms with E-state index in [0.717, 1.165) is 24.4 Å². The molecule has 0 fully saturated rings. The Morgan fingerprint density at radius 3 is 2.31 bits per heavy atom. The van der Waals surface area contributed by atoms with Gasteiger partial charge in [-0.05, 0) is 42.8 Å². The van der Waals surface area contributed by atoms with E-state index in [4.69, 9.17) is 14.9 Å². The number of carbonyl (C=O) groups is 2. The minimum atomic E-state index is -1.26. The molecule has 0 radical (unpaired) electrons. The molecular weight excluding hydrogens is 374 g/mol. The normalized spacial score (nSPS) is 10.4. The molecule has 152 valence electrons. The number of rotatable bonds is 7. The van der Waals surface area contributed by atoms with E-state index >= 15 is 0 Å². The van der Waals surface area contributed by atoms with E-state index in [2.05, 4.69) is 46.0 Å². The molecule has 1 aromatic carbocycles. The molecule has 29 heavy (non-hydrogen) atoms. The summed E-state index contributed by atoms with van der Waals surface area (Å²) in [7, 11) is 1.69. The van der Waals surface area contributed by atoms with Gasteiger partial charge < -0.3 is 14.9 Å². The number of aromatic nitrogens is 2. The fraction of sp³-hybridized carbons (Fsp3) is 0.190. The first-order chi connectivity index (χ1) is 14.0. The smallest absolute Gasteiger partial charge is 0.328 e. The number of aliphatic carboxylic acids is 2. The van der Waals surface area contributed by atoms with E-state index < -0.39 is 11.9 Å². The molecule has 0 atom stereocenters. The van der Waals surface area contributed by atoms with Crippen molar-refractivity contribution >= 4 is 28.5 Å². The van der Waals surface area contributed by atoms with Crippen molar-refractivity contribution in [1.29, 1.82) is 0 Å². The lowest BCUT2D eigenvalue weighted by Crippen LogP contribution is -2.29. The second-order valence-electron chi connectivity index (χ2n) is 5.92. The second-order valence-corrected chi connectivity index (χ2v) is 5.92. The molecule has 3 rings (SSSR count). The number of hydrogen-bond acceptors (Lipinski definition) is 5. The Kier molecular flexibility index (Phi) is 7.78. The van der Waals surface area contributed by atoms with Gasteiger partial charge in [0.2, 0.25) is 0 Å². The van der Waals surface area contributed by atoms with Crippen molar-refractivity contribution in [2.75, 3.05) is 18.7 Å². The van der Waals surface area contributed by atoms with Crippen molar-refractivity contribution in [3.05, 3.63) is 67.1 Å². The Morgan fingerprint density at radius 2 is 1.76 bits per heavy atom. The molecule has 0 unspecified atom stereocenters. The Labute approximate surface area is 168 Å². The summed E-state index contributed by atoms with van der Waals surface area (Å²) in [4.78, 5) is 23.2. The van der Waals surface area contributed by atoms with Crippen LogP contribution in [-0.2, 0) is 9.59 Å². The number of carboxylic acid groups (broad SMARTS) is 2. The Balaban J connectivity index is 0.000000321. The van der Waals surface area contributed by atoms with Gasteiger partial charge in [0.05, 0.1) is 18.3 Å². The standard InChI is InChI=1S/C17H19N3O.C4H4O4/c1-3-11-19(15-6-9-18-10-7-15)20-12-8-14-13-16(21-2)4-5-17(14)20;5-3(6)1-2-4(7)8/h4-10,12-13H,3,11H2,1-2H3;1-2H,(H,5,6)(H,7,8)/b;2-1-. The zero-order valence-electron chi connectivity index (χ0n) is 16.2. The van der Waals surface area contributed by atoms with Crippen molar-refractivity contribution in [2.45, 2.75) is 13.3 Å². The van der Waals surface area contributed by atoms with Crippen LogP contribution in [0.2, 0.25) is 0 Å². The van der Waals surface area contributed by atoms with Gasteiger partial charge in [-0.25, -0.2) is 9.59 Å². The van der Waals surface area contributed by atoms with Crippen LogP contribution in [0.1, 0.15) is 13.3 Å². The van der Waals surface area contributed by atoms with Crippen molar-refractivity contribution in [3.8, 4) is 5.75 Å². The molecule has 0 aliphatic carbocycles. The maximum absolute atomic E-state index is 9.55. The highest BCUT2D eigenvalue weighted by molar-refractivity contribution is 5.89. The minimum absolute atomic E-state index is 0.558. The molecule has 2 aromatic heterocycles. The monoisotopic (exact) mass is 397 g/mol. The molecule has 8 heteroatoms. The van der Waals surface area contributed by atoms with Gasteiger partial charge in [-0.1, -0.05) is 6.92 Å². The van der Waals surface area contributed by atoms with E-state index in [1.54, 1.807) is 7.11 Å². The molecule has 0 amide bonds. The number of fused-ring (bicyclic) bond motifs is 1. The first-order valence-corrected chi connectivity index (χ1v) is 8.93. The first kappa shape index (κ1) is 21.5. The van der Waals surface area contributed by atoms with E-state index in [-0.39, 0.29) is 0 Å². The average molecular weight is 397 g/mol. The Hall–Kier alpha value is -3.81. The van der Waals surface area contributed by atoms with Crippen molar-refractivity contribution in [1.82, 2.24) is 9.66 Å². The van der Waals surface area contributed by atoms with E-state index in [1.165, 1.54) is 10.9 Å². The van der Waals surface area contributed by atoms with Crippen LogP contribution in [0, 0.1) is 0 Å². The number of nitrogens with zero attached hydrogens (tertiary/aromatic N) is 3. The molecule has 0 saturated carbocycles. The van der Waals surface area contributed by atoms with Gasteiger partial charge in [0, 0.05) is 42.7 Å². The zero-order valence-corrected chi connectivity index (χ0v) is 16.2. The SMILES string of the molecule is CCCN(c1ccncc1)n1ccc2cc(OC)ccc21.O=C(O)/C=C\C(=O)O. The molecule has 2 heterocycles. The summed E-state index contributed by atoms with van der Waals surface area (Å²) < 4.78 is 7.48. The third-order valence-electron chi connectivity index (χ3n) is 3.90. The maximum atomic E-state index is 9.55. The summed E-state index contributed by atoms with van der Waals surface area (Å²) in [5.41, 5.74) is 2.31. The van der Waals surface area contributed by atoms with Crippen LogP contribution in [-0.4, -0.2) is 45.5 Å².